The molecule has 274 valence electrons. The predicted octanol–water partition coefficient (Wildman–Crippen LogP) is -0.910. The highest BCUT2D eigenvalue weighted by molar-refractivity contribution is 5.95. The van der Waals surface area contributed by atoms with Crippen molar-refractivity contribution in [3.05, 3.63) is 0 Å². The number of guanidine groups is 1. The molecule has 0 bridgehead atoms. The molecule has 0 radical (unpaired) electrons. The van der Waals surface area contributed by atoms with Gasteiger partial charge < -0.3 is 53.6 Å². The van der Waals surface area contributed by atoms with Crippen LogP contribution in [0.5, 0.6) is 0 Å². The van der Waals surface area contributed by atoms with E-state index < -0.39 is 77.9 Å². The highest BCUT2D eigenvalue weighted by Gasteiger charge is 2.31. The van der Waals surface area contributed by atoms with Crippen LogP contribution in [0.4, 0.5) is 4.79 Å². The van der Waals surface area contributed by atoms with Gasteiger partial charge in [0.15, 0.2) is 5.96 Å². The summed E-state index contributed by atoms with van der Waals surface area (Å²) in [5.74, 6) is -5.29. The lowest BCUT2D eigenvalue weighted by atomic mass is 10.0. The zero-order valence-electron chi connectivity index (χ0n) is 28.9. The highest BCUT2D eigenvalue weighted by Crippen LogP contribution is 2.10. The molecule has 18 nitrogen and oxygen atoms in total. The van der Waals surface area contributed by atoms with E-state index in [4.69, 9.17) is 21.9 Å². The van der Waals surface area contributed by atoms with Crippen LogP contribution in [0.2, 0.25) is 0 Å². The van der Waals surface area contributed by atoms with E-state index in [0.717, 1.165) is 0 Å². The zero-order chi connectivity index (χ0) is 37.0. The molecule has 0 rings (SSSR count). The van der Waals surface area contributed by atoms with E-state index in [-0.39, 0.29) is 56.9 Å². The molecule has 0 saturated heterocycles. The van der Waals surface area contributed by atoms with Gasteiger partial charge in [0, 0.05) is 13.0 Å². The van der Waals surface area contributed by atoms with Crippen molar-refractivity contribution in [1.29, 1.82) is 0 Å². The number of carbonyl (C=O) groups excluding carboxylic acids is 6. The normalized spacial score (nSPS) is 13.6. The molecule has 48 heavy (non-hydrogen) atoms. The summed E-state index contributed by atoms with van der Waals surface area (Å²) in [6.45, 7) is 10.1. The number of carboxylic acid groups (broad SMARTS) is 1. The molecule has 6 amide bonds. The number of alkyl carbamates (subject to hydrolysis) is 1. The minimum atomic E-state index is -1.31. The first-order valence-corrected chi connectivity index (χ1v) is 16.0. The van der Waals surface area contributed by atoms with Gasteiger partial charge in [0.25, 0.3) is 0 Å². The monoisotopic (exact) mass is 685 g/mol. The molecule has 0 aliphatic rings. The molecule has 0 spiro atoms. The SMILES string of the molecule is CCCCC(NC(=O)OC(C)(C)C)C(=O)NC(CCC(N)=O)C(=O)NC(CC(C)C)C(=O)NCC(=O)NC(CCCN=C(N)N)C(=O)O. The van der Waals surface area contributed by atoms with Crippen LogP contribution in [0.15, 0.2) is 4.99 Å². The van der Waals surface area contributed by atoms with E-state index in [0.29, 0.717) is 12.8 Å². The largest absolute Gasteiger partial charge is 0.480 e. The van der Waals surface area contributed by atoms with E-state index in [1.807, 2.05) is 6.92 Å². The first-order valence-electron chi connectivity index (χ1n) is 16.0. The summed E-state index contributed by atoms with van der Waals surface area (Å²) in [6, 6.07) is -4.78. The summed E-state index contributed by atoms with van der Waals surface area (Å²) >= 11 is 0. The summed E-state index contributed by atoms with van der Waals surface area (Å²) in [5, 5.41) is 21.8. The fraction of sp³-hybridized carbons (Fsp3) is 0.733. The van der Waals surface area contributed by atoms with Crippen molar-refractivity contribution in [3.63, 3.8) is 0 Å². The quantitative estimate of drug-likeness (QED) is 0.0382. The number of nitrogens with zero attached hydrogens (tertiary/aromatic N) is 1. The van der Waals surface area contributed by atoms with Crippen molar-refractivity contribution in [3.8, 4) is 0 Å². The topological polar surface area (TPSA) is 300 Å². The number of nitrogens with two attached hydrogens (primary N) is 3. The first kappa shape index (κ1) is 43.4. The van der Waals surface area contributed by atoms with Gasteiger partial charge in [0.2, 0.25) is 29.5 Å². The Bertz CT molecular complexity index is 1140. The van der Waals surface area contributed by atoms with Gasteiger partial charge >= 0.3 is 12.1 Å². The van der Waals surface area contributed by atoms with Gasteiger partial charge in [-0.05, 0) is 58.8 Å². The Balaban J connectivity index is 5.68. The van der Waals surface area contributed by atoms with Gasteiger partial charge in [0.05, 0.1) is 6.54 Å². The fourth-order valence-corrected chi connectivity index (χ4v) is 4.23. The second kappa shape index (κ2) is 22.0. The average Bonchev–Trinajstić information content (AvgIpc) is 2.95. The third-order valence-corrected chi connectivity index (χ3v) is 6.51. The molecular weight excluding hydrogens is 630 g/mol. The van der Waals surface area contributed by atoms with Crippen molar-refractivity contribution < 1.29 is 43.4 Å². The summed E-state index contributed by atoms with van der Waals surface area (Å²) in [5.41, 5.74) is 15.0. The molecule has 18 heteroatoms. The average molecular weight is 686 g/mol. The van der Waals surface area contributed by atoms with Crippen LogP contribution >= 0.6 is 0 Å². The Morgan fingerprint density at radius 1 is 0.771 bits per heavy atom. The minimum absolute atomic E-state index is 0.0306. The number of carbonyl (C=O) groups is 7. The van der Waals surface area contributed by atoms with Crippen molar-refractivity contribution in [2.24, 2.45) is 28.1 Å². The lowest BCUT2D eigenvalue weighted by Gasteiger charge is -2.26. The summed E-state index contributed by atoms with van der Waals surface area (Å²) in [6.07, 6.45) is 0.676. The number of primary amides is 1. The molecule has 0 aromatic rings. The lowest BCUT2D eigenvalue weighted by molar-refractivity contribution is -0.142. The molecule has 0 fully saturated rings. The first-order chi connectivity index (χ1) is 22.2. The number of unbranched alkanes of at least 4 members (excludes halogenated alkanes) is 1. The van der Waals surface area contributed by atoms with Gasteiger partial charge in [-0.3, -0.25) is 29.0 Å². The van der Waals surface area contributed by atoms with Crippen LogP contribution in [0.3, 0.4) is 0 Å². The molecule has 12 N–H and O–H groups in total. The smallest absolute Gasteiger partial charge is 0.408 e. The highest BCUT2D eigenvalue weighted by atomic mass is 16.6. The van der Waals surface area contributed by atoms with Gasteiger partial charge in [-0.15, -0.1) is 0 Å². The fourth-order valence-electron chi connectivity index (χ4n) is 4.23. The van der Waals surface area contributed by atoms with Gasteiger partial charge in [0.1, 0.15) is 29.8 Å². The van der Waals surface area contributed by atoms with Crippen LogP contribution in [-0.4, -0.2) is 95.5 Å². The molecule has 0 aromatic heterocycles. The maximum atomic E-state index is 13.4. The van der Waals surface area contributed by atoms with Crippen molar-refractivity contribution in [1.82, 2.24) is 26.6 Å². The van der Waals surface area contributed by atoms with E-state index in [9.17, 15) is 38.7 Å². The van der Waals surface area contributed by atoms with Gasteiger partial charge in [-0.25, -0.2) is 9.59 Å². The molecule has 0 heterocycles. The summed E-state index contributed by atoms with van der Waals surface area (Å²) in [7, 11) is 0. The second-order valence-corrected chi connectivity index (χ2v) is 12.7. The number of rotatable bonds is 22. The van der Waals surface area contributed by atoms with E-state index in [2.05, 4.69) is 31.6 Å². The summed E-state index contributed by atoms with van der Waals surface area (Å²) < 4.78 is 5.26. The number of amides is 6. The summed E-state index contributed by atoms with van der Waals surface area (Å²) in [4.78, 5) is 91.6. The van der Waals surface area contributed by atoms with Crippen molar-refractivity contribution >= 4 is 47.6 Å². The Morgan fingerprint density at radius 3 is 1.83 bits per heavy atom. The van der Waals surface area contributed by atoms with Gasteiger partial charge in [-0.2, -0.15) is 0 Å². The molecule has 0 saturated carbocycles. The molecular formula is C30H55N9O9. The maximum Gasteiger partial charge on any atom is 0.408 e. The number of aliphatic imine (C=N–C) groups is 1. The Hall–Kier alpha value is -4.64. The zero-order valence-corrected chi connectivity index (χ0v) is 28.9. The molecule has 4 unspecified atom stereocenters. The van der Waals surface area contributed by atoms with E-state index >= 15 is 0 Å². The maximum absolute atomic E-state index is 13.4. The predicted molar refractivity (Wildman–Crippen MR) is 177 cm³/mol. The third-order valence-electron chi connectivity index (χ3n) is 6.51. The van der Waals surface area contributed by atoms with Crippen LogP contribution < -0.4 is 43.8 Å². The number of carboxylic acids is 1. The van der Waals surface area contributed by atoms with Gasteiger partial charge in [-0.1, -0.05) is 33.6 Å². The van der Waals surface area contributed by atoms with E-state index in [1.165, 1.54) is 0 Å². The Morgan fingerprint density at radius 2 is 1.33 bits per heavy atom. The Kier molecular flexibility index (Phi) is 19.9. The third kappa shape index (κ3) is 20.5. The molecule has 0 aromatic carbocycles. The van der Waals surface area contributed by atoms with Crippen molar-refractivity contribution in [2.75, 3.05) is 13.1 Å². The number of aliphatic carboxylic acids is 1. The molecule has 4 atom stereocenters. The van der Waals surface area contributed by atoms with Crippen LogP contribution in [0.25, 0.3) is 0 Å². The molecule has 0 aliphatic carbocycles. The number of hydrogen-bond acceptors (Lipinski definition) is 9. The number of ether oxygens (including phenoxy) is 1. The second-order valence-electron chi connectivity index (χ2n) is 12.7. The number of hydrogen-bond donors (Lipinski definition) is 9. The Labute approximate surface area is 281 Å². The van der Waals surface area contributed by atoms with Crippen LogP contribution in [-0.2, 0) is 33.5 Å². The molecule has 0 aliphatic heterocycles. The minimum Gasteiger partial charge on any atom is -0.480 e. The van der Waals surface area contributed by atoms with Crippen molar-refractivity contribution in [2.45, 2.75) is 123 Å². The van der Waals surface area contributed by atoms with E-state index in [1.54, 1.807) is 34.6 Å². The lowest BCUT2D eigenvalue weighted by Crippen LogP contribution is -2.57. The van der Waals surface area contributed by atoms with Crippen LogP contribution in [0.1, 0.15) is 92.9 Å². The standard InChI is InChI=1S/C30H55N9O9/c1-7-8-10-18(39-29(47)48-30(4,5)6)25(43)37-19(12-13-22(31)40)26(44)38-21(15-17(2)3)24(42)35-16-23(41)36-20(27(45)46)11-9-14-34-28(32)33/h17-21H,7-16H2,1-6H3,(H2,31,40)(H,35,42)(H,36,41)(H,37,43)(H,38,44)(H,39,47)(H,45,46)(H4,32,33,34). The van der Waals surface area contributed by atoms with Crippen LogP contribution in [0, 0.1) is 5.92 Å². The number of nitrogens with one attached hydrogen (secondary N) is 5.